The van der Waals surface area contributed by atoms with Crippen molar-refractivity contribution in [2.24, 2.45) is 0 Å². The van der Waals surface area contributed by atoms with Crippen molar-refractivity contribution in [3.05, 3.63) is 65.9 Å². The molecule has 10 heteroatoms. The molecular weight excluding hydrogens is 538 g/mol. The number of nitrogens with one attached hydrogen (secondary N) is 2. The SMILES string of the molecule is Cc1cc(Oc2ccccc2OC(C)C)ccc1N1C(=O)NC2c3c1ccnc3S[C@H]2C(=O)NC1CCCN(C)C1. The molecule has 9 nitrogen and oxygen atoms in total. The number of pyridine rings is 1. The van der Waals surface area contributed by atoms with Gasteiger partial charge < -0.3 is 25.0 Å². The molecule has 6 rings (SSSR count). The summed E-state index contributed by atoms with van der Waals surface area (Å²) in [6.07, 6.45) is 3.75. The highest BCUT2D eigenvalue weighted by molar-refractivity contribution is 8.01. The van der Waals surface area contributed by atoms with E-state index in [-0.39, 0.29) is 24.1 Å². The van der Waals surface area contributed by atoms with Gasteiger partial charge >= 0.3 is 6.03 Å². The van der Waals surface area contributed by atoms with Crippen molar-refractivity contribution < 1.29 is 19.1 Å². The average Bonchev–Trinajstić information content (AvgIpc) is 3.30. The zero-order valence-corrected chi connectivity index (χ0v) is 24.5. The maximum atomic E-state index is 13.6. The van der Waals surface area contributed by atoms with Crippen LogP contribution in [0.15, 0.2) is 59.8 Å². The minimum absolute atomic E-state index is 0.0187. The molecule has 3 atom stereocenters. The number of carbonyl (C=O) groups excluding carboxylic acids is 2. The summed E-state index contributed by atoms with van der Waals surface area (Å²) in [5.74, 6) is 1.88. The number of likely N-dealkylation sites (N-methyl/N-ethyl adjacent to an activating group) is 1. The van der Waals surface area contributed by atoms with Crippen molar-refractivity contribution in [1.29, 1.82) is 0 Å². The fourth-order valence-corrected chi connectivity index (χ4v) is 7.02. The van der Waals surface area contributed by atoms with Gasteiger partial charge in [0, 0.05) is 24.3 Å². The number of thioether (sulfide) groups is 1. The van der Waals surface area contributed by atoms with Gasteiger partial charge in [-0.15, -0.1) is 0 Å². The summed E-state index contributed by atoms with van der Waals surface area (Å²) >= 11 is 1.42. The minimum atomic E-state index is -0.470. The molecule has 1 fully saturated rings. The number of nitrogens with zero attached hydrogens (tertiary/aromatic N) is 3. The summed E-state index contributed by atoms with van der Waals surface area (Å²) in [5.41, 5.74) is 3.23. The molecule has 1 aromatic heterocycles. The van der Waals surface area contributed by atoms with Gasteiger partial charge in [0.05, 0.1) is 23.5 Å². The second-order valence-corrected chi connectivity index (χ2v) is 12.3. The van der Waals surface area contributed by atoms with Gasteiger partial charge in [0.2, 0.25) is 5.91 Å². The Hall–Kier alpha value is -3.76. The van der Waals surface area contributed by atoms with Gasteiger partial charge in [0.25, 0.3) is 0 Å². The lowest BCUT2D eigenvalue weighted by Gasteiger charge is -2.35. The minimum Gasteiger partial charge on any atom is -0.487 e. The molecule has 1 saturated heterocycles. The first-order valence-electron chi connectivity index (χ1n) is 14.1. The Labute approximate surface area is 244 Å². The number of amides is 3. The molecule has 41 heavy (non-hydrogen) atoms. The van der Waals surface area contributed by atoms with Crippen molar-refractivity contribution in [2.75, 3.05) is 25.0 Å². The number of likely N-dealkylation sites (tertiary alicyclic amines) is 1. The standard InChI is InChI=1S/C31H35N5O4S/c1-18(2)39-24-9-5-6-10-25(24)40-21-11-12-22(19(3)16-21)36-23-13-14-32-30-26(23)27(34-31(36)38)28(41-30)29(37)33-20-8-7-15-35(4)17-20/h5-6,9-14,16,18,20,27-28H,7-8,15,17H2,1-4H3,(H,33,37)(H,34,38)/t20?,27?,28-/m1/s1. The molecule has 4 heterocycles. The molecule has 0 radical (unpaired) electrons. The van der Waals surface area contributed by atoms with Gasteiger partial charge in [0.1, 0.15) is 16.0 Å². The van der Waals surface area contributed by atoms with Crippen LogP contribution in [0.3, 0.4) is 0 Å². The molecule has 2 aromatic carbocycles. The number of rotatable bonds is 7. The number of carbonyl (C=O) groups is 2. The van der Waals surface area contributed by atoms with Gasteiger partial charge in [0.15, 0.2) is 11.5 Å². The quantitative estimate of drug-likeness (QED) is 0.382. The molecule has 214 valence electrons. The van der Waals surface area contributed by atoms with Crippen molar-refractivity contribution in [3.63, 3.8) is 0 Å². The van der Waals surface area contributed by atoms with Crippen molar-refractivity contribution in [3.8, 4) is 17.2 Å². The zero-order valence-electron chi connectivity index (χ0n) is 23.7. The monoisotopic (exact) mass is 573 g/mol. The van der Waals surface area contributed by atoms with Crippen LogP contribution in [-0.2, 0) is 4.79 Å². The number of urea groups is 1. The van der Waals surface area contributed by atoms with Crippen LogP contribution < -0.4 is 25.0 Å². The van der Waals surface area contributed by atoms with E-state index in [1.807, 2.05) is 69.3 Å². The Balaban J connectivity index is 1.24. The normalized spacial score (nSPS) is 21.8. The second-order valence-electron chi connectivity index (χ2n) is 11.1. The first kappa shape index (κ1) is 27.4. The van der Waals surface area contributed by atoms with E-state index in [1.54, 1.807) is 11.1 Å². The van der Waals surface area contributed by atoms with Crippen LogP contribution in [0.2, 0.25) is 0 Å². The van der Waals surface area contributed by atoms with Gasteiger partial charge in [-0.3, -0.25) is 9.69 Å². The Morgan fingerprint density at radius 3 is 2.71 bits per heavy atom. The van der Waals surface area contributed by atoms with Gasteiger partial charge in [-0.05, 0) is 89.2 Å². The lowest BCUT2D eigenvalue weighted by Crippen LogP contribution is -2.52. The maximum absolute atomic E-state index is 13.6. The highest BCUT2D eigenvalue weighted by Gasteiger charge is 2.47. The largest absolute Gasteiger partial charge is 0.487 e. The molecule has 3 aromatic rings. The fourth-order valence-electron chi connectivity index (χ4n) is 5.79. The number of benzene rings is 2. The molecule has 3 amide bonds. The van der Waals surface area contributed by atoms with Gasteiger partial charge in [-0.2, -0.15) is 0 Å². The van der Waals surface area contributed by atoms with Gasteiger partial charge in [-0.25, -0.2) is 9.78 Å². The van der Waals surface area contributed by atoms with Crippen molar-refractivity contribution >= 4 is 35.1 Å². The summed E-state index contributed by atoms with van der Waals surface area (Å²) in [4.78, 5) is 35.5. The van der Waals surface area contributed by atoms with E-state index in [1.165, 1.54) is 11.8 Å². The number of para-hydroxylation sites is 2. The first-order valence-corrected chi connectivity index (χ1v) is 15.0. The number of anilines is 2. The second kappa shape index (κ2) is 11.3. The lowest BCUT2D eigenvalue weighted by molar-refractivity contribution is -0.122. The molecular formula is C31H35N5O4S. The van der Waals surface area contributed by atoms with Crippen LogP contribution in [0.5, 0.6) is 17.2 Å². The predicted octanol–water partition coefficient (Wildman–Crippen LogP) is 5.56. The predicted molar refractivity (Wildman–Crippen MR) is 159 cm³/mol. The topological polar surface area (TPSA) is 96.0 Å². The summed E-state index contributed by atoms with van der Waals surface area (Å²) in [6.45, 7) is 7.78. The number of ether oxygens (including phenoxy) is 2. The van der Waals surface area contributed by atoms with E-state index in [9.17, 15) is 9.59 Å². The van der Waals surface area contributed by atoms with Crippen LogP contribution >= 0.6 is 11.8 Å². The van der Waals surface area contributed by atoms with Gasteiger partial charge in [-0.1, -0.05) is 23.9 Å². The highest BCUT2D eigenvalue weighted by atomic mass is 32.2. The molecule has 3 aliphatic rings. The Bertz CT molecular complexity index is 1480. The molecule has 2 N–H and O–H groups in total. The van der Waals surface area contributed by atoms with Crippen molar-refractivity contribution in [1.82, 2.24) is 20.5 Å². The van der Waals surface area contributed by atoms with Crippen LogP contribution in [-0.4, -0.2) is 59.4 Å². The Kier molecular flexibility index (Phi) is 7.52. The fraction of sp³-hybridized carbons (Fsp3) is 0.387. The molecule has 3 aliphatic heterocycles. The van der Waals surface area contributed by atoms with Crippen LogP contribution in [0.4, 0.5) is 16.2 Å². The smallest absolute Gasteiger partial charge is 0.327 e. The Morgan fingerprint density at radius 2 is 1.95 bits per heavy atom. The maximum Gasteiger partial charge on any atom is 0.327 e. The molecule has 0 bridgehead atoms. The van der Waals surface area contributed by atoms with Crippen LogP contribution in [0, 0.1) is 6.92 Å². The summed E-state index contributed by atoms with van der Waals surface area (Å²) in [5, 5.41) is 6.64. The van der Waals surface area contributed by atoms with E-state index >= 15 is 0 Å². The Morgan fingerprint density at radius 1 is 1.15 bits per heavy atom. The molecule has 0 aliphatic carbocycles. The summed E-state index contributed by atoms with van der Waals surface area (Å²) in [6, 6.07) is 14.5. The van der Waals surface area contributed by atoms with Crippen LogP contribution in [0.25, 0.3) is 0 Å². The lowest BCUT2D eigenvalue weighted by atomic mass is 9.98. The summed E-state index contributed by atoms with van der Waals surface area (Å²) < 4.78 is 12.1. The van der Waals surface area contributed by atoms with Crippen molar-refractivity contribution in [2.45, 2.75) is 62.1 Å². The summed E-state index contributed by atoms with van der Waals surface area (Å²) in [7, 11) is 2.07. The molecule has 2 unspecified atom stereocenters. The number of piperidine rings is 1. The van der Waals surface area contributed by atoms with E-state index in [0.717, 1.165) is 53.5 Å². The van der Waals surface area contributed by atoms with E-state index in [0.29, 0.717) is 17.2 Å². The first-order chi connectivity index (χ1) is 19.8. The average molecular weight is 574 g/mol. The zero-order chi connectivity index (χ0) is 28.7. The van der Waals surface area contributed by atoms with E-state index in [2.05, 4.69) is 27.6 Å². The van der Waals surface area contributed by atoms with E-state index in [4.69, 9.17) is 9.47 Å². The third-order valence-electron chi connectivity index (χ3n) is 7.58. The number of aromatic nitrogens is 1. The van der Waals surface area contributed by atoms with E-state index < -0.39 is 11.3 Å². The molecule has 0 saturated carbocycles. The number of hydrogen-bond donors (Lipinski definition) is 2. The number of hydrogen-bond acceptors (Lipinski definition) is 7. The third-order valence-corrected chi connectivity index (χ3v) is 8.87. The highest BCUT2D eigenvalue weighted by Crippen LogP contribution is 2.51. The molecule has 0 spiro atoms. The third kappa shape index (κ3) is 5.46. The van der Waals surface area contributed by atoms with Crippen LogP contribution in [0.1, 0.15) is 43.9 Å². The number of aryl methyl sites for hydroxylation is 1.